The van der Waals surface area contributed by atoms with Crippen LogP contribution in [0.3, 0.4) is 0 Å². The first-order valence-electron chi connectivity index (χ1n) is 42.2. The van der Waals surface area contributed by atoms with E-state index in [-0.39, 0.29) is 83.5 Å². The molecule has 4 aliphatic heterocycles. The van der Waals surface area contributed by atoms with Crippen LogP contribution in [-0.4, -0.2) is 225 Å². The van der Waals surface area contributed by atoms with Gasteiger partial charge in [0.25, 0.3) is 24.0 Å². The highest BCUT2D eigenvalue weighted by Crippen LogP contribution is 2.47. The summed E-state index contributed by atoms with van der Waals surface area (Å²) in [7, 11) is 3.74. The maximum Gasteiger partial charge on any atom is 0.407 e. The number of aliphatic hydroxyl groups excluding tert-OH is 1. The molecule has 127 heavy (non-hydrogen) atoms. The highest BCUT2D eigenvalue weighted by atomic mass is 35.5. The van der Waals surface area contributed by atoms with Gasteiger partial charge in [0.15, 0.2) is 40.4 Å². The Bertz CT molecular complexity index is 4560. The van der Waals surface area contributed by atoms with E-state index >= 15 is 0 Å². The summed E-state index contributed by atoms with van der Waals surface area (Å²) in [5, 5.41) is 45.2. The molecule has 9 aliphatic rings. The fraction of sp³-hybridized carbons (Fsp3) is 0.654. The van der Waals surface area contributed by atoms with Crippen molar-refractivity contribution in [3.63, 3.8) is 0 Å². The normalized spacial score (nSPS) is 19.0. The maximum absolute atomic E-state index is 12.2. The SMILES string of the molecule is CC(C)(C)OC(=O)NCC1(N)CCCCC1.CC(C)(C)OC(=O)NCC1(Nc2nc(Cl)ncc2N)CCCCC1.COC(O)C(=O)Nc1cnc(Cl)nc1NC1(CNC(=O)OC(C)(C)C)CCCCC1.COC(OC)C(=O)O.Nc1cnc(Cl)nc1Cl.O=C1Nc2cnc(Cl)nc2N2C1=NCC21CCCCC1.O=C1Nc2cnc(Cl)nc2N2C1NCC21CCCCC1. The first kappa shape index (κ1) is 103. The molecule has 17 N–H and O–H groups in total. The lowest BCUT2D eigenvalue weighted by atomic mass is 9.80. The summed E-state index contributed by atoms with van der Waals surface area (Å²) in [5.41, 5.74) is 17.0. The summed E-state index contributed by atoms with van der Waals surface area (Å²) in [4.78, 5) is 130. The lowest BCUT2D eigenvalue weighted by molar-refractivity contribution is -0.177. The number of fused-ring (bicyclic) bond motifs is 8. The van der Waals surface area contributed by atoms with E-state index in [4.69, 9.17) is 106 Å². The Morgan fingerprint density at radius 1 is 0.520 bits per heavy atom. The molecule has 0 aromatic carbocycles. The predicted octanol–water partition coefficient (Wildman–Crippen LogP) is 12.8. The monoisotopic (exact) mass is 1890 g/mol. The Morgan fingerprint density at radius 3 is 1.39 bits per heavy atom. The molecule has 1 saturated heterocycles. The molecule has 702 valence electrons. The van der Waals surface area contributed by atoms with E-state index in [9.17, 15) is 38.7 Å². The van der Waals surface area contributed by atoms with Gasteiger partial charge in [0.1, 0.15) is 33.9 Å². The number of amidine groups is 1. The Hall–Kier alpha value is -8.94. The first-order valence-corrected chi connectivity index (χ1v) is 44.5. The number of anilines is 9. The second-order valence-electron chi connectivity index (χ2n) is 35.3. The summed E-state index contributed by atoms with van der Waals surface area (Å²) in [6.07, 6.45) is 29.7. The summed E-state index contributed by atoms with van der Waals surface area (Å²) in [5.74, 6) is 0.601. The number of carbonyl (C=O) groups is 7. The summed E-state index contributed by atoms with van der Waals surface area (Å²) < 4.78 is 29.1. The number of hydrogen-bond acceptors (Lipinski definition) is 33. The van der Waals surface area contributed by atoms with Gasteiger partial charge < -0.3 is 103 Å². The number of nitrogens with zero attached hydrogens (tertiary/aromatic N) is 13. The molecular formula is C81H121Cl6N25O15. The summed E-state index contributed by atoms with van der Waals surface area (Å²) in [6.45, 7) is 19.2. The van der Waals surface area contributed by atoms with Crippen molar-refractivity contribution < 1.29 is 72.2 Å². The maximum atomic E-state index is 12.2. The van der Waals surface area contributed by atoms with Crippen molar-refractivity contribution >= 4 is 169 Å². The number of nitrogens with one attached hydrogen (secondary N) is 9. The Labute approximate surface area is 769 Å². The standard InChI is InChI=1S/C19H30ClN5O5.C16H26ClN5O2.C13H16ClN5O.C13H14ClN5O.C12H24N2O2.C4H3Cl2N3.C4H8O4/c1-18(2,3)30-17(28)22-11-19(8-6-5-7-9-19)25-13-12(10-21-16(20)24-13)23-14(26)15(27)29-4;1-15(2,3)24-14(23)20-10-16(7-5-4-6-8-16)22-12-11(18)9-19-13(17)21-12;2*14-12-15-6-8-9(18-12)19-10(11(20)17-8)16-7-13(19)4-2-1-3-5-13;1-11(2,3)16-10(15)14-9-12(13)7-5-4-6-8-12;5-3-2(7)1-8-4(6)9-3;1-7-4(8-2)3(5)6/h10,15,27H,5-9,11H2,1-4H3,(H,22,28)(H,23,26)(H,21,24,25);9H,4-8,10,18H2,1-3H3,(H,20,23)(H,19,21,22);6,10,16H,1-5,7H2,(H,17,20);6H,1-5,7H2,(H,17,20);4-9,13H2,1-3H3,(H,14,15);1H,7H2;4H,1-2H3,(H,5,6). The molecular weight excluding hydrogens is 1780 g/mol. The van der Waals surface area contributed by atoms with Gasteiger partial charge in [-0.05, 0) is 185 Å². The number of hydrogen-bond donors (Lipinski definition) is 14. The smallest absolute Gasteiger partial charge is 0.407 e. The molecule has 46 heteroatoms. The Balaban J connectivity index is 0.000000189. The van der Waals surface area contributed by atoms with Gasteiger partial charge >= 0.3 is 24.2 Å². The van der Waals surface area contributed by atoms with Crippen LogP contribution in [0.2, 0.25) is 31.6 Å². The van der Waals surface area contributed by atoms with E-state index < -0.39 is 59.0 Å². The molecule has 5 aromatic rings. The number of carboxylic acids is 1. The number of nitrogens with two attached hydrogens (primary N) is 3. The molecule has 6 fully saturated rings. The fourth-order valence-electron chi connectivity index (χ4n) is 15.9. The highest BCUT2D eigenvalue weighted by molar-refractivity contribution is 6.50. The third-order valence-electron chi connectivity index (χ3n) is 21.8. The first-order chi connectivity index (χ1) is 59.8. The van der Waals surface area contributed by atoms with E-state index in [2.05, 4.69) is 122 Å². The topological polar surface area (TPSA) is 549 Å². The van der Waals surface area contributed by atoms with Crippen molar-refractivity contribution in [3.05, 3.63) is 62.6 Å². The van der Waals surface area contributed by atoms with Gasteiger partial charge in [0.2, 0.25) is 32.7 Å². The van der Waals surface area contributed by atoms with Crippen LogP contribution >= 0.6 is 69.6 Å². The molecule has 40 nitrogen and oxygen atoms in total. The number of halogens is 6. The molecule has 2 spiro atoms. The lowest BCUT2D eigenvalue weighted by Crippen LogP contribution is -2.57. The third-order valence-corrected chi connectivity index (χ3v) is 23.0. The van der Waals surface area contributed by atoms with Gasteiger partial charge in [-0.1, -0.05) is 108 Å². The van der Waals surface area contributed by atoms with Crippen molar-refractivity contribution in [2.45, 2.75) is 286 Å². The van der Waals surface area contributed by atoms with Crippen LogP contribution in [0.25, 0.3) is 0 Å². The minimum atomic E-state index is -1.63. The number of aromatic nitrogens is 10. The molecule has 14 rings (SSSR count). The van der Waals surface area contributed by atoms with E-state index in [1.165, 1.54) is 78.4 Å². The van der Waals surface area contributed by atoms with Gasteiger partial charge in [-0.2, -0.15) is 19.9 Å². The van der Waals surface area contributed by atoms with E-state index in [1.807, 2.05) is 46.4 Å². The van der Waals surface area contributed by atoms with Crippen molar-refractivity contribution in [1.82, 2.24) is 71.1 Å². The lowest BCUT2D eigenvalue weighted by Gasteiger charge is -2.45. The van der Waals surface area contributed by atoms with Gasteiger partial charge in [0.05, 0.1) is 71.1 Å². The zero-order valence-electron chi connectivity index (χ0n) is 73.8. The predicted molar refractivity (Wildman–Crippen MR) is 486 cm³/mol. The number of aliphatic hydroxyl groups is 1. The van der Waals surface area contributed by atoms with Crippen LogP contribution < -0.4 is 74.9 Å². The number of rotatable bonds is 16. The van der Waals surface area contributed by atoms with Crippen molar-refractivity contribution in [1.29, 1.82) is 0 Å². The molecule has 5 saturated carbocycles. The quantitative estimate of drug-likeness (QED) is 0.0189. The molecule has 0 bridgehead atoms. The minimum Gasteiger partial charge on any atom is -0.477 e. The number of nitrogen functional groups attached to an aromatic ring is 2. The van der Waals surface area contributed by atoms with Crippen molar-refractivity contribution in [2.24, 2.45) is 10.7 Å². The molecule has 2 atom stereocenters. The average Bonchev–Trinajstić information content (AvgIpc) is 1.60. The number of aliphatic carboxylic acids is 1. The van der Waals surface area contributed by atoms with Crippen LogP contribution in [0.4, 0.5) is 66.1 Å². The number of ether oxygens (including phenoxy) is 6. The van der Waals surface area contributed by atoms with Crippen LogP contribution in [-0.2, 0) is 47.6 Å². The molecule has 6 amide bonds. The fourth-order valence-corrected chi connectivity index (χ4v) is 16.8. The van der Waals surface area contributed by atoms with Gasteiger partial charge in [0, 0.05) is 53.0 Å². The van der Waals surface area contributed by atoms with Crippen LogP contribution in [0.15, 0.2) is 36.0 Å². The number of aliphatic imine (C=N–C) groups is 1. The molecule has 5 aromatic heterocycles. The van der Waals surface area contributed by atoms with Crippen molar-refractivity contribution in [3.8, 4) is 0 Å². The number of amides is 6. The second-order valence-corrected chi connectivity index (χ2v) is 37.3. The number of carbonyl (C=O) groups excluding carboxylic acids is 6. The Morgan fingerprint density at radius 2 is 0.929 bits per heavy atom. The second kappa shape index (κ2) is 46.5. The molecule has 0 radical (unpaired) electrons. The van der Waals surface area contributed by atoms with Gasteiger partial charge in [-0.25, -0.2) is 49.1 Å². The van der Waals surface area contributed by atoms with Gasteiger partial charge in [-0.3, -0.25) is 29.6 Å². The molecule has 9 heterocycles. The van der Waals surface area contributed by atoms with Crippen LogP contribution in [0, 0.1) is 0 Å². The zero-order valence-corrected chi connectivity index (χ0v) is 78.4. The van der Waals surface area contributed by atoms with E-state index in [0.29, 0.717) is 72.2 Å². The summed E-state index contributed by atoms with van der Waals surface area (Å²) in [6, 6.07) is 0. The largest absolute Gasteiger partial charge is 0.477 e. The Kier molecular flexibility index (Phi) is 37.9. The van der Waals surface area contributed by atoms with Crippen LogP contribution in [0.5, 0.6) is 0 Å². The number of alkyl carbamates (subject to hydrolysis) is 3. The number of carboxylic acid groups (broad SMARTS) is 1. The molecule has 5 aliphatic carbocycles. The molecule has 2 unspecified atom stereocenters. The van der Waals surface area contributed by atoms with Crippen LogP contribution in [0.1, 0.15) is 223 Å². The van der Waals surface area contributed by atoms with E-state index in [0.717, 1.165) is 134 Å². The average molecular weight is 1900 g/mol. The zero-order chi connectivity index (χ0) is 93.3. The van der Waals surface area contributed by atoms with Gasteiger partial charge in [-0.15, -0.1) is 0 Å². The van der Waals surface area contributed by atoms with E-state index in [1.54, 1.807) is 33.2 Å². The third kappa shape index (κ3) is 31.1. The van der Waals surface area contributed by atoms with Crippen molar-refractivity contribution in [2.75, 3.05) is 102 Å². The number of methoxy groups -OCH3 is 3. The highest BCUT2D eigenvalue weighted by Gasteiger charge is 2.53. The minimum absolute atomic E-state index is 0.00569. The summed E-state index contributed by atoms with van der Waals surface area (Å²) >= 11 is 34.5.